The fourth-order valence-corrected chi connectivity index (χ4v) is 1.63. The van der Waals surface area contributed by atoms with Gasteiger partial charge in [0, 0.05) is 31.8 Å². The second-order valence-electron chi connectivity index (χ2n) is 4.37. The van der Waals surface area contributed by atoms with Crippen LogP contribution in [0, 0.1) is 0 Å². The van der Waals surface area contributed by atoms with Crippen LogP contribution in [-0.2, 0) is 17.5 Å². The lowest BCUT2D eigenvalue weighted by atomic mass is 10.0. The first kappa shape index (κ1) is 5.02. The Labute approximate surface area is 144 Å². The van der Waals surface area contributed by atoms with Crippen LogP contribution in [0.3, 0.4) is 0 Å². The molecule has 1 aromatic heterocycles. The number of hydrogen-bond donors (Lipinski definition) is 2. The Bertz CT molecular complexity index is 1220. The van der Waals surface area contributed by atoms with Gasteiger partial charge in [0.05, 0.1) is 14.3 Å². The summed E-state index contributed by atoms with van der Waals surface area (Å²) in [5.41, 5.74) is -2.48. The Balaban J connectivity index is 2.48. The monoisotopic (exact) mass is 301 g/mol. The van der Waals surface area contributed by atoms with Crippen molar-refractivity contribution >= 4 is 17.0 Å². The minimum absolute atomic E-state index is 0.136. The molecule has 1 amide bonds. The third-order valence-corrected chi connectivity index (χ3v) is 2.50. The van der Waals surface area contributed by atoms with Crippen LogP contribution in [0.5, 0.6) is 0 Å². The molecule has 1 aromatic carbocycles. The largest absolute Gasteiger partial charge is 0.447 e. The molecule has 1 fully saturated rings. The molecule has 0 unspecified atom stereocenters. The van der Waals surface area contributed by atoms with Crippen molar-refractivity contribution in [1.29, 1.82) is 0 Å². The summed E-state index contributed by atoms with van der Waals surface area (Å²) in [6.45, 7) is -5.90. The van der Waals surface area contributed by atoms with Gasteiger partial charge >= 0.3 is 6.09 Å². The number of rotatable bonds is 5. The number of ether oxygens (including phenoxy) is 1. The third-order valence-electron chi connectivity index (χ3n) is 2.50. The SMILES string of the molecule is [2H]c1c(C([2H])([2H])[C@@H]2N([2H])C(=O)OC2([2H])[2H])c([2H])c2c(C([2H])([2H])C([2H])([2H])N(C)C)c([2H])n([2H])c2c1[2H]. The molecule has 5 nitrogen and oxygen atoms in total. The third kappa shape index (κ3) is 3.19. The average Bonchev–Trinajstić information content (AvgIpc) is 3.08. The molecule has 1 aliphatic heterocycles. The number of aromatic nitrogens is 1. The van der Waals surface area contributed by atoms with E-state index in [0.717, 1.165) is 4.90 Å². The summed E-state index contributed by atoms with van der Waals surface area (Å²) in [7, 11) is 2.43. The van der Waals surface area contributed by atoms with Crippen LogP contribution in [0.25, 0.3) is 10.9 Å². The van der Waals surface area contributed by atoms with E-state index in [0.29, 0.717) is 0 Å². The Morgan fingerprint density at radius 1 is 1.62 bits per heavy atom. The fraction of sp³-hybridized carbons (Fsp3) is 0.438. The summed E-state index contributed by atoms with van der Waals surface area (Å²) in [4.78, 5) is 12.9. The van der Waals surface area contributed by atoms with E-state index in [1.807, 2.05) is 0 Å². The van der Waals surface area contributed by atoms with E-state index in [4.69, 9.17) is 19.3 Å². The van der Waals surface area contributed by atoms with Crippen LogP contribution in [0.4, 0.5) is 4.79 Å². The highest BCUT2D eigenvalue weighted by molar-refractivity contribution is 5.84. The van der Waals surface area contributed by atoms with Crippen LogP contribution in [0.1, 0.15) is 27.6 Å². The van der Waals surface area contributed by atoms with Crippen LogP contribution in [0.2, 0.25) is 2.82 Å². The van der Waals surface area contributed by atoms with Gasteiger partial charge in [0.2, 0.25) is 0 Å². The van der Waals surface area contributed by atoms with Crippen molar-refractivity contribution in [2.75, 3.05) is 27.2 Å². The van der Waals surface area contributed by atoms with Gasteiger partial charge in [0.25, 0.3) is 0 Å². The molecule has 0 saturated carbocycles. The summed E-state index contributed by atoms with van der Waals surface area (Å²) < 4.78 is 120. The van der Waals surface area contributed by atoms with Gasteiger partial charge in [-0.1, -0.05) is 6.04 Å². The molecule has 2 heterocycles. The highest BCUT2D eigenvalue weighted by atomic mass is 16.6. The predicted octanol–water partition coefficient (Wildman–Crippen LogP) is 1.92. The van der Waals surface area contributed by atoms with E-state index in [-0.39, 0.29) is 10.3 Å². The molecule has 3 rings (SSSR count). The maximum absolute atomic E-state index is 11.8. The average molecular weight is 301 g/mol. The topological polar surface area (TPSA) is 57.4 Å². The van der Waals surface area contributed by atoms with Gasteiger partial charge in [0.1, 0.15) is 6.56 Å². The van der Waals surface area contributed by atoms with Crippen LogP contribution in [-0.4, -0.2) is 49.2 Å². The highest BCUT2D eigenvalue weighted by Gasteiger charge is 2.22. The molecule has 0 spiro atoms. The van der Waals surface area contributed by atoms with Crippen molar-refractivity contribution in [3.8, 4) is 0 Å². The minimum Gasteiger partial charge on any atom is -0.447 e. The number of nitrogens with zero attached hydrogens (tertiary/aromatic N) is 1. The maximum atomic E-state index is 11.8. The van der Waals surface area contributed by atoms with Crippen molar-refractivity contribution in [3.63, 3.8) is 0 Å². The van der Waals surface area contributed by atoms with Crippen molar-refractivity contribution in [2.24, 2.45) is 0 Å². The normalized spacial score (nSPS) is 32.8. The Kier molecular flexibility index (Phi) is 1.38. The summed E-state index contributed by atoms with van der Waals surface area (Å²) in [6.07, 6.45) is -8.77. The van der Waals surface area contributed by atoms with E-state index in [9.17, 15) is 4.79 Å². The fourth-order valence-electron chi connectivity index (χ4n) is 1.63. The van der Waals surface area contributed by atoms with Crippen LogP contribution in [0.15, 0.2) is 24.3 Å². The zero-order valence-corrected chi connectivity index (χ0v) is 11.2. The molecule has 2 aromatic rings. The molecule has 112 valence electrons. The van der Waals surface area contributed by atoms with Crippen molar-refractivity contribution in [3.05, 3.63) is 35.4 Å². The van der Waals surface area contributed by atoms with Crippen molar-refractivity contribution < 1.29 is 28.8 Å². The van der Waals surface area contributed by atoms with Gasteiger partial charge in [0.15, 0.2) is 2.82 Å². The molecular weight excluding hydrogens is 266 g/mol. The Morgan fingerprint density at radius 3 is 3.19 bits per heavy atom. The lowest BCUT2D eigenvalue weighted by Crippen LogP contribution is -2.28. The van der Waals surface area contributed by atoms with Gasteiger partial charge < -0.3 is 19.9 Å². The van der Waals surface area contributed by atoms with E-state index in [2.05, 4.69) is 4.74 Å². The first-order valence-corrected chi connectivity index (χ1v) is 5.99. The number of amides is 1. The van der Waals surface area contributed by atoms with E-state index in [1.165, 1.54) is 14.1 Å². The standard InChI is InChI=1S/C16H21N3O2/c1-19(2)6-5-12-9-17-15-4-3-11(8-14(12)15)7-13-10-21-16(20)18-13/h3-4,8-9,13,17H,5-7,10H2,1-2H3,(H,18,20)/t13-/m0/s1/i3D,4D,5D2,6D2,7D2,8D,9D,10D2/hD2. The second-order valence-corrected chi connectivity index (χ2v) is 4.37. The first-order valence-electron chi connectivity index (χ1n) is 12.9. The van der Waals surface area contributed by atoms with Gasteiger partial charge in [-0.25, -0.2) is 4.79 Å². The maximum Gasteiger partial charge on any atom is 0.407 e. The number of hydrogen-bond acceptors (Lipinski definition) is 3. The number of aromatic amines is 1. The van der Waals surface area contributed by atoms with E-state index >= 15 is 0 Å². The summed E-state index contributed by atoms with van der Waals surface area (Å²) in [5.74, 6) is 0. The van der Waals surface area contributed by atoms with Gasteiger partial charge in [-0.15, -0.1) is 0 Å². The zero-order chi connectivity index (χ0) is 27.2. The number of fused-ring (bicyclic) bond motifs is 1. The van der Waals surface area contributed by atoms with E-state index < -0.39 is 84.3 Å². The molecule has 1 atom stereocenters. The molecular formula is C16H21N3O2. The molecule has 0 bridgehead atoms. The Hall–Kier alpha value is -2.01. The van der Waals surface area contributed by atoms with Gasteiger partial charge in [-0.3, -0.25) is 0 Å². The zero-order valence-electron chi connectivity index (χ0n) is 25.2. The van der Waals surface area contributed by atoms with E-state index in [1.54, 1.807) is 0 Å². The number of carbonyl (C=O) groups excluding carboxylic acids is 1. The second kappa shape index (κ2) is 5.77. The smallest absolute Gasteiger partial charge is 0.407 e. The van der Waals surface area contributed by atoms with Gasteiger partial charge in [-0.05, 0) is 50.1 Å². The van der Waals surface area contributed by atoms with Crippen LogP contribution >= 0.6 is 0 Å². The molecule has 1 saturated heterocycles. The quantitative estimate of drug-likeness (QED) is 0.887. The number of likely N-dealkylation sites (N-methyl/N-ethyl adjacent to an activating group) is 1. The lowest BCUT2D eigenvalue weighted by molar-refractivity contribution is 0.177. The Morgan fingerprint density at radius 2 is 2.48 bits per heavy atom. The molecule has 2 N–H and O–H groups in total. The molecule has 0 radical (unpaired) electrons. The van der Waals surface area contributed by atoms with Crippen molar-refractivity contribution in [1.82, 2.24) is 15.2 Å². The van der Waals surface area contributed by atoms with Crippen LogP contribution < -0.4 is 5.31 Å². The number of alkyl carbamates (subject to hydrolysis) is 1. The summed E-state index contributed by atoms with van der Waals surface area (Å²) >= 11 is 0. The van der Waals surface area contributed by atoms with Crippen molar-refractivity contribution in [2.45, 2.75) is 18.8 Å². The number of H-pyrrole nitrogens is 1. The predicted molar refractivity (Wildman–Crippen MR) is 82.5 cm³/mol. The minimum atomic E-state index is -3.22. The molecule has 0 aliphatic carbocycles. The highest BCUT2D eigenvalue weighted by Crippen LogP contribution is 2.21. The number of nitrogens with one attached hydrogen (secondary N) is 2. The summed E-state index contributed by atoms with van der Waals surface area (Å²) in [6, 6.07) is -5.27. The number of aryl methyl sites for hydroxylation is 1. The first-order chi connectivity index (χ1) is 15.7. The number of benzene rings is 1. The molecule has 1 aliphatic rings. The molecule has 5 heteroatoms. The lowest BCUT2D eigenvalue weighted by Gasteiger charge is -2.09. The number of carbonyl (C=O) groups is 1. The molecule has 21 heavy (non-hydrogen) atoms. The van der Waals surface area contributed by atoms with Gasteiger partial charge in [-0.2, -0.15) is 0 Å². The number of cyclic esters (lactones) is 1. The summed E-state index contributed by atoms with van der Waals surface area (Å²) in [5, 5.41) is -0.828.